The Morgan fingerprint density at radius 3 is 2.20 bits per heavy atom. The van der Waals surface area contributed by atoms with E-state index in [0.717, 1.165) is 11.3 Å². The zero-order chi connectivity index (χ0) is 10.8. The monoisotopic (exact) mass is 201 g/mol. The van der Waals surface area contributed by atoms with Gasteiger partial charge in [0.25, 0.3) is 0 Å². The van der Waals surface area contributed by atoms with E-state index in [1.165, 1.54) is 23.4 Å². The summed E-state index contributed by atoms with van der Waals surface area (Å²) in [6.07, 6.45) is 1.24. The van der Waals surface area contributed by atoms with Crippen LogP contribution in [0, 0.1) is 19.7 Å². The largest absolute Gasteiger partial charge is 0.253 e. The van der Waals surface area contributed by atoms with Crippen LogP contribution in [0.5, 0.6) is 0 Å². The first kappa shape index (κ1) is 9.84. The SMILES string of the molecule is Cc1cc(C)cc(-c2ccc(F)cn2)c1. The molecule has 2 aromatic rings. The highest BCUT2D eigenvalue weighted by Gasteiger charge is 2.01. The van der Waals surface area contributed by atoms with Gasteiger partial charge in [0.15, 0.2) is 0 Å². The Bertz CT molecular complexity index is 454. The van der Waals surface area contributed by atoms with Gasteiger partial charge in [-0.3, -0.25) is 4.98 Å². The van der Waals surface area contributed by atoms with Crippen molar-refractivity contribution in [1.29, 1.82) is 0 Å². The lowest BCUT2D eigenvalue weighted by molar-refractivity contribution is 0.622. The predicted octanol–water partition coefficient (Wildman–Crippen LogP) is 3.50. The lowest BCUT2D eigenvalue weighted by Gasteiger charge is -2.04. The van der Waals surface area contributed by atoms with E-state index in [0.29, 0.717) is 0 Å². The van der Waals surface area contributed by atoms with Crippen LogP contribution in [0.1, 0.15) is 11.1 Å². The maximum absolute atomic E-state index is 12.7. The number of benzene rings is 1. The molecule has 2 rings (SSSR count). The first-order valence-corrected chi connectivity index (χ1v) is 4.85. The quantitative estimate of drug-likeness (QED) is 0.688. The molecule has 0 aliphatic carbocycles. The van der Waals surface area contributed by atoms with Crippen LogP contribution in [0.15, 0.2) is 36.5 Å². The van der Waals surface area contributed by atoms with Crippen molar-refractivity contribution in [3.05, 3.63) is 53.5 Å². The minimum Gasteiger partial charge on any atom is -0.253 e. The molecule has 0 bridgehead atoms. The number of hydrogen-bond acceptors (Lipinski definition) is 1. The number of pyridine rings is 1. The molecule has 1 nitrogen and oxygen atoms in total. The highest BCUT2D eigenvalue weighted by molar-refractivity contribution is 5.60. The van der Waals surface area contributed by atoms with Crippen LogP contribution in [0.3, 0.4) is 0 Å². The summed E-state index contributed by atoms with van der Waals surface area (Å²) >= 11 is 0. The number of hydrogen-bond donors (Lipinski definition) is 0. The molecule has 0 radical (unpaired) electrons. The molecule has 0 aliphatic rings. The van der Waals surface area contributed by atoms with E-state index in [4.69, 9.17) is 0 Å². The summed E-state index contributed by atoms with van der Waals surface area (Å²) in [5.74, 6) is -0.303. The van der Waals surface area contributed by atoms with Crippen molar-refractivity contribution in [2.24, 2.45) is 0 Å². The van der Waals surface area contributed by atoms with Gasteiger partial charge in [-0.2, -0.15) is 0 Å². The van der Waals surface area contributed by atoms with E-state index in [2.05, 4.69) is 11.1 Å². The average molecular weight is 201 g/mol. The van der Waals surface area contributed by atoms with Gasteiger partial charge in [-0.05, 0) is 38.1 Å². The summed E-state index contributed by atoms with van der Waals surface area (Å²) in [6.45, 7) is 4.08. The van der Waals surface area contributed by atoms with Crippen molar-refractivity contribution in [3.63, 3.8) is 0 Å². The van der Waals surface area contributed by atoms with E-state index in [-0.39, 0.29) is 5.82 Å². The highest BCUT2D eigenvalue weighted by atomic mass is 19.1. The molecule has 0 N–H and O–H groups in total. The van der Waals surface area contributed by atoms with Crippen molar-refractivity contribution < 1.29 is 4.39 Å². The standard InChI is InChI=1S/C13H12FN/c1-9-5-10(2)7-11(6-9)13-4-3-12(14)8-15-13/h3-8H,1-2H3. The van der Waals surface area contributed by atoms with E-state index in [1.54, 1.807) is 6.07 Å². The summed E-state index contributed by atoms with van der Waals surface area (Å²) < 4.78 is 12.7. The van der Waals surface area contributed by atoms with Gasteiger partial charge in [0.05, 0.1) is 11.9 Å². The topological polar surface area (TPSA) is 12.9 Å². The van der Waals surface area contributed by atoms with Crippen LogP contribution >= 0.6 is 0 Å². The molecular formula is C13H12FN. The predicted molar refractivity (Wildman–Crippen MR) is 59.1 cm³/mol. The average Bonchev–Trinajstić information content (AvgIpc) is 2.17. The Morgan fingerprint density at radius 1 is 1.00 bits per heavy atom. The maximum atomic E-state index is 12.7. The fraction of sp³-hybridized carbons (Fsp3) is 0.154. The number of halogens is 1. The molecule has 0 saturated carbocycles. The zero-order valence-electron chi connectivity index (χ0n) is 8.79. The second-order valence-corrected chi connectivity index (χ2v) is 3.74. The lowest BCUT2D eigenvalue weighted by atomic mass is 10.0. The zero-order valence-corrected chi connectivity index (χ0v) is 8.79. The molecule has 0 unspecified atom stereocenters. The first-order valence-electron chi connectivity index (χ1n) is 4.85. The normalized spacial score (nSPS) is 10.3. The van der Waals surface area contributed by atoms with Gasteiger partial charge in [0, 0.05) is 5.56 Å². The molecule has 1 aromatic heterocycles. The number of aryl methyl sites for hydroxylation is 2. The number of aromatic nitrogens is 1. The van der Waals surface area contributed by atoms with Crippen LogP contribution in [0.25, 0.3) is 11.3 Å². The summed E-state index contributed by atoms with van der Waals surface area (Å²) in [7, 11) is 0. The second kappa shape index (κ2) is 3.81. The van der Waals surface area contributed by atoms with E-state index in [9.17, 15) is 4.39 Å². The summed E-state index contributed by atoms with van der Waals surface area (Å²) in [6, 6.07) is 9.33. The van der Waals surface area contributed by atoms with Crippen molar-refractivity contribution in [2.45, 2.75) is 13.8 Å². The molecule has 0 amide bonds. The van der Waals surface area contributed by atoms with E-state index < -0.39 is 0 Å². The van der Waals surface area contributed by atoms with Crippen LogP contribution in [0.4, 0.5) is 4.39 Å². The van der Waals surface area contributed by atoms with Gasteiger partial charge in [-0.25, -0.2) is 4.39 Å². The molecular weight excluding hydrogens is 189 g/mol. The van der Waals surface area contributed by atoms with Gasteiger partial charge in [0.1, 0.15) is 5.82 Å². The lowest BCUT2D eigenvalue weighted by Crippen LogP contribution is -1.86. The Kier molecular flexibility index (Phi) is 2.50. The van der Waals surface area contributed by atoms with E-state index in [1.807, 2.05) is 26.0 Å². The molecule has 15 heavy (non-hydrogen) atoms. The summed E-state index contributed by atoms with van der Waals surface area (Å²) in [5, 5.41) is 0. The van der Waals surface area contributed by atoms with Gasteiger partial charge in [-0.1, -0.05) is 17.2 Å². The molecule has 0 aliphatic heterocycles. The molecule has 0 saturated heterocycles. The summed E-state index contributed by atoms with van der Waals surface area (Å²) in [4.78, 5) is 4.06. The maximum Gasteiger partial charge on any atom is 0.141 e. The van der Waals surface area contributed by atoms with Gasteiger partial charge < -0.3 is 0 Å². The van der Waals surface area contributed by atoms with Crippen molar-refractivity contribution in [1.82, 2.24) is 4.98 Å². The van der Waals surface area contributed by atoms with Crippen molar-refractivity contribution >= 4 is 0 Å². The van der Waals surface area contributed by atoms with Gasteiger partial charge in [-0.15, -0.1) is 0 Å². The third kappa shape index (κ3) is 2.21. The smallest absolute Gasteiger partial charge is 0.141 e. The third-order valence-electron chi connectivity index (χ3n) is 2.24. The molecule has 2 heteroatoms. The molecule has 76 valence electrons. The minimum atomic E-state index is -0.303. The van der Waals surface area contributed by atoms with Gasteiger partial charge >= 0.3 is 0 Å². The van der Waals surface area contributed by atoms with Crippen molar-refractivity contribution in [2.75, 3.05) is 0 Å². The number of rotatable bonds is 1. The Labute approximate surface area is 88.6 Å². The minimum absolute atomic E-state index is 0.303. The first-order chi connectivity index (χ1) is 7.15. The molecule has 1 heterocycles. The Hall–Kier alpha value is -1.70. The van der Waals surface area contributed by atoms with Gasteiger partial charge in [0.2, 0.25) is 0 Å². The van der Waals surface area contributed by atoms with E-state index >= 15 is 0 Å². The third-order valence-corrected chi connectivity index (χ3v) is 2.24. The van der Waals surface area contributed by atoms with Crippen LogP contribution in [-0.2, 0) is 0 Å². The van der Waals surface area contributed by atoms with Crippen LogP contribution in [-0.4, -0.2) is 4.98 Å². The fourth-order valence-corrected chi connectivity index (χ4v) is 1.67. The molecule has 1 aromatic carbocycles. The molecule has 0 atom stereocenters. The summed E-state index contributed by atoms with van der Waals surface area (Å²) in [5.41, 5.74) is 4.22. The van der Waals surface area contributed by atoms with Crippen LogP contribution in [0.2, 0.25) is 0 Å². The Morgan fingerprint density at radius 2 is 1.67 bits per heavy atom. The fourth-order valence-electron chi connectivity index (χ4n) is 1.67. The van der Waals surface area contributed by atoms with Crippen molar-refractivity contribution in [3.8, 4) is 11.3 Å². The van der Waals surface area contributed by atoms with Crippen LogP contribution < -0.4 is 0 Å². The second-order valence-electron chi connectivity index (χ2n) is 3.74. The Balaban J connectivity index is 2.49. The molecule has 0 fully saturated rings. The number of nitrogens with zero attached hydrogens (tertiary/aromatic N) is 1. The molecule has 0 spiro atoms. The highest BCUT2D eigenvalue weighted by Crippen LogP contribution is 2.19.